The summed E-state index contributed by atoms with van der Waals surface area (Å²) >= 11 is 0. The molecular formula is C15H18F2N2O3. The fourth-order valence-corrected chi connectivity index (χ4v) is 2.21. The second-order valence-corrected chi connectivity index (χ2v) is 5.18. The second kappa shape index (κ2) is 6.39. The van der Waals surface area contributed by atoms with Crippen LogP contribution in [0.15, 0.2) is 29.4 Å². The van der Waals surface area contributed by atoms with Gasteiger partial charge in [-0.2, -0.15) is 10.1 Å². The highest BCUT2D eigenvalue weighted by Gasteiger charge is 2.50. The molecule has 1 atom stereocenters. The number of hydrogen-bond donors (Lipinski definition) is 1. The van der Waals surface area contributed by atoms with Crippen molar-refractivity contribution in [3.05, 3.63) is 29.8 Å². The van der Waals surface area contributed by atoms with Crippen LogP contribution in [0.1, 0.15) is 25.8 Å². The Balaban J connectivity index is 2.01. The van der Waals surface area contributed by atoms with Crippen molar-refractivity contribution in [3.8, 4) is 5.75 Å². The molecule has 1 aromatic rings. The minimum Gasteiger partial charge on any atom is -0.484 e. The molecule has 0 bridgehead atoms. The first-order chi connectivity index (χ1) is 10.4. The molecule has 120 valence electrons. The molecule has 1 heterocycles. The van der Waals surface area contributed by atoms with Gasteiger partial charge in [0.1, 0.15) is 5.75 Å². The number of halogens is 2. The Morgan fingerprint density at radius 2 is 2.09 bits per heavy atom. The Labute approximate surface area is 127 Å². The van der Waals surface area contributed by atoms with Crippen LogP contribution in [0.3, 0.4) is 0 Å². The number of amides is 1. The molecule has 0 fully saturated rings. The van der Waals surface area contributed by atoms with Crippen LogP contribution in [0, 0.1) is 0 Å². The van der Waals surface area contributed by atoms with Gasteiger partial charge in [-0.15, -0.1) is 0 Å². The van der Waals surface area contributed by atoms with Gasteiger partial charge in [0.2, 0.25) is 5.72 Å². The van der Waals surface area contributed by atoms with Crippen LogP contribution in [0.5, 0.6) is 5.75 Å². The van der Waals surface area contributed by atoms with Gasteiger partial charge in [0.25, 0.3) is 12.3 Å². The molecule has 1 amide bonds. The highest BCUT2D eigenvalue weighted by molar-refractivity contribution is 5.89. The van der Waals surface area contributed by atoms with E-state index in [1.807, 2.05) is 19.1 Å². The van der Waals surface area contributed by atoms with Crippen molar-refractivity contribution in [1.29, 1.82) is 0 Å². The minimum absolute atomic E-state index is 0.267. The Hall–Kier alpha value is -2.02. The number of nitrogens with zero attached hydrogens (tertiary/aromatic N) is 2. The maximum absolute atomic E-state index is 13.0. The zero-order valence-corrected chi connectivity index (χ0v) is 12.4. The fraction of sp³-hybridized carbons (Fsp3) is 0.467. The average Bonchev–Trinajstić information content (AvgIpc) is 2.81. The van der Waals surface area contributed by atoms with Crippen molar-refractivity contribution in [3.63, 3.8) is 0 Å². The van der Waals surface area contributed by atoms with Gasteiger partial charge in [-0.25, -0.2) is 8.78 Å². The van der Waals surface area contributed by atoms with Gasteiger partial charge >= 0.3 is 0 Å². The highest BCUT2D eigenvalue weighted by atomic mass is 19.3. The molecule has 1 aliphatic rings. The van der Waals surface area contributed by atoms with Gasteiger partial charge < -0.3 is 9.84 Å². The monoisotopic (exact) mass is 312 g/mol. The summed E-state index contributed by atoms with van der Waals surface area (Å²) in [7, 11) is 0. The topological polar surface area (TPSA) is 62.1 Å². The van der Waals surface area contributed by atoms with Crippen molar-refractivity contribution in [2.75, 3.05) is 6.61 Å². The van der Waals surface area contributed by atoms with Gasteiger partial charge in [0, 0.05) is 12.1 Å². The molecule has 1 aliphatic heterocycles. The van der Waals surface area contributed by atoms with Gasteiger partial charge in [-0.3, -0.25) is 4.79 Å². The lowest BCUT2D eigenvalue weighted by Crippen LogP contribution is -2.52. The summed E-state index contributed by atoms with van der Waals surface area (Å²) in [5.74, 6) is -0.370. The van der Waals surface area contributed by atoms with E-state index in [-0.39, 0.29) is 12.1 Å². The number of benzene rings is 1. The van der Waals surface area contributed by atoms with Crippen LogP contribution in [-0.2, 0) is 11.2 Å². The van der Waals surface area contributed by atoms with E-state index in [4.69, 9.17) is 4.74 Å². The van der Waals surface area contributed by atoms with Crippen LogP contribution in [0.4, 0.5) is 8.78 Å². The normalized spacial score (nSPS) is 21.2. The van der Waals surface area contributed by atoms with E-state index < -0.39 is 24.7 Å². The van der Waals surface area contributed by atoms with Crippen LogP contribution >= 0.6 is 0 Å². The molecule has 0 saturated carbocycles. The fourth-order valence-electron chi connectivity index (χ4n) is 2.21. The zero-order chi connectivity index (χ0) is 16.3. The number of hydrogen-bond acceptors (Lipinski definition) is 4. The van der Waals surface area contributed by atoms with Crippen LogP contribution in [0.2, 0.25) is 0 Å². The number of hydrazone groups is 1. The third-order valence-electron chi connectivity index (χ3n) is 3.43. The van der Waals surface area contributed by atoms with Crippen molar-refractivity contribution in [1.82, 2.24) is 5.01 Å². The molecule has 22 heavy (non-hydrogen) atoms. The summed E-state index contributed by atoms with van der Waals surface area (Å²) in [5, 5.41) is 14.0. The lowest BCUT2D eigenvalue weighted by Gasteiger charge is -2.29. The van der Waals surface area contributed by atoms with E-state index in [9.17, 15) is 18.7 Å². The average molecular weight is 312 g/mol. The first kappa shape index (κ1) is 16.4. The highest BCUT2D eigenvalue weighted by Crippen LogP contribution is 2.31. The minimum atomic E-state index is -3.11. The third kappa shape index (κ3) is 3.24. The van der Waals surface area contributed by atoms with Crippen LogP contribution in [0.25, 0.3) is 0 Å². The molecule has 0 spiro atoms. The van der Waals surface area contributed by atoms with E-state index in [1.165, 1.54) is 6.92 Å². The van der Waals surface area contributed by atoms with E-state index in [0.717, 1.165) is 12.0 Å². The van der Waals surface area contributed by atoms with Gasteiger partial charge in [-0.1, -0.05) is 19.1 Å². The number of aryl methyl sites for hydroxylation is 1. The second-order valence-electron chi connectivity index (χ2n) is 5.18. The van der Waals surface area contributed by atoms with E-state index in [2.05, 4.69) is 5.10 Å². The molecule has 0 aliphatic carbocycles. The Kier molecular flexibility index (Phi) is 4.75. The Bertz CT molecular complexity index is 575. The largest absolute Gasteiger partial charge is 0.484 e. The molecule has 0 aromatic heterocycles. The smallest absolute Gasteiger partial charge is 0.287 e. The number of rotatable bonds is 5. The van der Waals surface area contributed by atoms with Gasteiger partial charge in [-0.05, 0) is 31.0 Å². The third-order valence-corrected chi connectivity index (χ3v) is 3.43. The Morgan fingerprint density at radius 3 is 2.64 bits per heavy atom. The van der Waals surface area contributed by atoms with Gasteiger partial charge in [0.05, 0.1) is 0 Å². The maximum Gasteiger partial charge on any atom is 0.287 e. The maximum atomic E-state index is 13.0. The molecule has 5 nitrogen and oxygen atoms in total. The standard InChI is InChI=1S/C15H18F2N2O3/c1-3-11-4-6-12(7-5-11)22-9-13(20)19-15(21,14(16)17)8-10(2)18-19/h4-7,14,21H,3,8-9H2,1-2H3/t15-/m1/s1. The van der Waals surface area contributed by atoms with Gasteiger partial charge in [0.15, 0.2) is 6.61 Å². The molecule has 7 heteroatoms. The van der Waals surface area contributed by atoms with Crippen molar-refractivity contribution >= 4 is 11.6 Å². The zero-order valence-electron chi connectivity index (χ0n) is 12.4. The first-order valence-electron chi connectivity index (χ1n) is 6.96. The van der Waals surface area contributed by atoms with Crippen molar-refractivity contribution in [2.45, 2.75) is 38.8 Å². The number of carbonyl (C=O) groups is 1. The number of alkyl halides is 2. The summed E-state index contributed by atoms with van der Waals surface area (Å²) in [5.41, 5.74) is -1.20. The summed E-state index contributed by atoms with van der Waals surface area (Å²) in [6, 6.07) is 7.11. The lowest BCUT2D eigenvalue weighted by atomic mass is 10.1. The number of ether oxygens (including phenoxy) is 1. The summed E-state index contributed by atoms with van der Waals surface area (Å²) in [6.07, 6.45) is -2.61. The van der Waals surface area contributed by atoms with Crippen molar-refractivity contribution < 1.29 is 23.4 Å². The predicted molar refractivity (Wildman–Crippen MR) is 76.8 cm³/mol. The molecule has 0 saturated heterocycles. The summed E-state index contributed by atoms with van der Waals surface area (Å²) in [4.78, 5) is 12.0. The first-order valence-corrected chi connectivity index (χ1v) is 6.96. The summed E-state index contributed by atoms with van der Waals surface area (Å²) in [6.45, 7) is 3.01. The molecule has 1 aromatic carbocycles. The summed E-state index contributed by atoms with van der Waals surface area (Å²) < 4.78 is 31.3. The quantitative estimate of drug-likeness (QED) is 0.906. The van der Waals surface area contributed by atoms with E-state index >= 15 is 0 Å². The lowest BCUT2D eigenvalue weighted by molar-refractivity contribution is -0.193. The molecular weight excluding hydrogens is 294 g/mol. The number of carbonyl (C=O) groups excluding carboxylic acids is 1. The van der Waals surface area contributed by atoms with E-state index in [0.29, 0.717) is 10.8 Å². The van der Waals surface area contributed by atoms with Crippen LogP contribution in [-0.4, -0.2) is 40.5 Å². The SMILES string of the molecule is CCc1ccc(OCC(=O)N2N=C(C)C[C@@]2(O)C(F)F)cc1. The van der Waals surface area contributed by atoms with Crippen molar-refractivity contribution in [2.24, 2.45) is 5.10 Å². The Morgan fingerprint density at radius 1 is 1.45 bits per heavy atom. The molecule has 0 radical (unpaired) electrons. The molecule has 2 rings (SSSR count). The predicted octanol–water partition coefficient (Wildman–Crippen LogP) is 2.19. The van der Waals surface area contributed by atoms with Crippen LogP contribution < -0.4 is 4.74 Å². The number of aliphatic hydroxyl groups is 1. The van der Waals surface area contributed by atoms with E-state index in [1.54, 1.807) is 12.1 Å². The molecule has 0 unspecified atom stereocenters. The molecule has 1 N–H and O–H groups in total.